The van der Waals surface area contributed by atoms with Gasteiger partial charge in [-0.3, -0.25) is 19.2 Å². The van der Waals surface area contributed by atoms with E-state index in [2.05, 4.69) is 20.8 Å². The Morgan fingerprint density at radius 3 is 2.09 bits per heavy atom. The number of hydrogen-bond acceptors (Lipinski definition) is 11. The van der Waals surface area contributed by atoms with Crippen LogP contribution in [0, 0.1) is 0 Å². The topological polar surface area (TPSA) is 163 Å². The van der Waals surface area contributed by atoms with Crippen molar-refractivity contribution in [3.05, 3.63) is 108 Å². The summed E-state index contributed by atoms with van der Waals surface area (Å²) >= 11 is 1.07. The Hall–Kier alpha value is -5.21. The molecule has 0 spiro atoms. The zero-order valence-electron chi connectivity index (χ0n) is 24.0. The third kappa shape index (κ3) is 7.66. The number of rotatable bonds is 12. The van der Waals surface area contributed by atoms with E-state index in [1.807, 2.05) is 0 Å². The maximum atomic E-state index is 13.4. The summed E-state index contributed by atoms with van der Waals surface area (Å²) in [5.41, 5.74) is 1.92. The summed E-state index contributed by atoms with van der Waals surface area (Å²) in [4.78, 5) is 65.7. The van der Waals surface area contributed by atoms with Gasteiger partial charge >= 0.3 is 11.9 Å². The number of amides is 3. The van der Waals surface area contributed by atoms with Gasteiger partial charge in [-0.25, -0.2) is 14.4 Å². The standard InChI is InChI=1S/C31H28N6O7S/c1-36-31(33-34-35-36)45-19-23(38)18-43-29-25(32-24(39)17-20-11-5-2-6-12-20)27(40)37(29)28(41)30(42)44-26(21-13-7-3-8-14-21)22-15-9-4-10-16-22/h2-16,25-26,29H,17-19H2,1H3,(H,32,39)/t25-,29+/m1/s1. The number of benzene rings is 3. The lowest BCUT2D eigenvalue weighted by Gasteiger charge is -2.44. The molecule has 1 aromatic heterocycles. The number of aromatic nitrogens is 4. The van der Waals surface area contributed by atoms with E-state index in [4.69, 9.17) is 9.47 Å². The number of likely N-dealkylation sites (tertiary alicyclic amines) is 1. The lowest BCUT2D eigenvalue weighted by molar-refractivity contribution is -0.196. The predicted molar refractivity (Wildman–Crippen MR) is 159 cm³/mol. The van der Waals surface area contributed by atoms with Crippen LogP contribution >= 0.6 is 11.8 Å². The van der Waals surface area contributed by atoms with E-state index in [0.717, 1.165) is 11.8 Å². The van der Waals surface area contributed by atoms with Crippen molar-refractivity contribution >= 4 is 41.2 Å². The van der Waals surface area contributed by atoms with Gasteiger partial charge in [0.1, 0.15) is 6.61 Å². The monoisotopic (exact) mass is 628 g/mol. The molecule has 230 valence electrons. The number of hydrogen-bond donors (Lipinski definition) is 1. The van der Waals surface area contributed by atoms with Crippen LogP contribution in [0.1, 0.15) is 22.8 Å². The molecule has 1 aliphatic rings. The molecule has 1 aliphatic heterocycles. The second-order valence-corrected chi connectivity index (χ2v) is 10.9. The van der Waals surface area contributed by atoms with Crippen LogP contribution < -0.4 is 5.32 Å². The van der Waals surface area contributed by atoms with Gasteiger partial charge in [0.2, 0.25) is 11.1 Å². The summed E-state index contributed by atoms with van der Waals surface area (Å²) in [6.45, 7) is -0.517. The van der Waals surface area contributed by atoms with Crippen LogP contribution in [0.25, 0.3) is 0 Å². The van der Waals surface area contributed by atoms with E-state index in [1.165, 1.54) is 4.68 Å². The van der Waals surface area contributed by atoms with Gasteiger partial charge in [-0.15, -0.1) is 5.10 Å². The molecule has 5 rings (SSSR count). The number of nitrogens with zero attached hydrogens (tertiary/aromatic N) is 5. The van der Waals surface area contributed by atoms with Crippen molar-refractivity contribution in [2.45, 2.75) is 30.0 Å². The highest BCUT2D eigenvalue weighted by Gasteiger charge is 2.55. The van der Waals surface area contributed by atoms with Crippen LogP contribution in [0.15, 0.2) is 96.2 Å². The molecule has 3 amide bonds. The third-order valence-electron chi connectivity index (χ3n) is 6.75. The second-order valence-electron chi connectivity index (χ2n) is 9.94. The predicted octanol–water partition coefficient (Wildman–Crippen LogP) is 1.64. The fourth-order valence-electron chi connectivity index (χ4n) is 4.54. The van der Waals surface area contributed by atoms with E-state index in [1.54, 1.807) is 98.0 Å². The molecular weight excluding hydrogens is 600 g/mol. The summed E-state index contributed by atoms with van der Waals surface area (Å²) < 4.78 is 12.7. The van der Waals surface area contributed by atoms with E-state index >= 15 is 0 Å². The fraction of sp³-hybridized carbons (Fsp3) is 0.226. The number of tetrazole rings is 1. The van der Waals surface area contributed by atoms with Crippen molar-refractivity contribution in [1.29, 1.82) is 0 Å². The zero-order valence-corrected chi connectivity index (χ0v) is 24.8. The number of ketones is 1. The van der Waals surface area contributed by atoms with Crippen LogP contribution in [0.5, 0.6) is 0 Å². The van der Waals surface area contributed by atoms with Crippen molar-refractivity contribution in [2.24, 2.45) is 7.05 Å². The van der Waals surface area contributed by atoms with Crippen molar-refractivity contribution in [3.8, 4) is 0 Å². The van der Waals surface area contributed by atoms with Gasteiger partial charge in [0, 0.05) is 7.05 Å². The van der Waals surface area contributed by atoms with Gasteiger partial charge in [0.25, 0.3) is 5.91 Å². The number of imide groups is 1. The molecule has 4 aromatic rings. The largest absolute Gasteiger partial charge is 0.445 e. The number of carbonyl (C=O) groups excluding carboxylic acids is 5. The molecule has 0 unspecified atom stereocenters. The van der Waals surface area contributed by atoms with Gasteiger partial charge in [0.05, 0.1) is 12.2 Å². The first-order valence-corrected chi connectivity index (χ1v) is 14.8. The minimum absolute atomic E-state index is 0.0372. The Labute approximate surface area is 261 Å². The molecule has 14 heteroatoms. The van der Waals surface area contributed by atoms with E-state index in [0.29, 0.717) is 26.7 Å². The molecule has 2 atom stereocenters. The SMILES string of the molecule is Cn1nnnc1SCC(=O)CO[C@H]1[C@H](NC(=O)Cc2ccccc2)C(=O)N1C(=O)C(=O)OC(c1ccccc1)c1ccccc1. The second kappa shape index (κ2) is 14.5. The van der Waals surface area contributed by atoms with Crippen LogP contribution in [0.3, 0.4) is 0 Å². The highest BCUT2D eigenvalue weighted by molar-refractivity contribution is 7.99. The van der Waals surface area contributed by atoms with Crippen LogP contribution in [-0.4, -0.2) is 79.2 Å². The molecule has 0 aliphatic carbocycles. The normalized spacial score (nSPS) is 15.8. The highest BCUT2D eigenvalue weighted by atomic mass is 32.2. The van der Waals surface area contributed by atoms with Crippen molar-refractivity contribution in [2.75, 3.05) is 12.4 Å². The summed E-state index contributed by atoms with van der Waals surface area (Å²) in [6, 6.07) is 25.2. The molecular formula is C31H28N6O7S. The molecule has 2 heterocycles. The molecule has 1 saturated heterocycles. The van der Waals surface area contributed by atoms with E-state index in [-0.39, 0.29) is 12.2 Å². The Bertz CT molecular complexity index is 1630. The number of β-lactam (4-membered cyclic amide) rings is 1. The summed E-state index contributed by atoms with van der Waals surface area (Å²) in [6.07, 6.45) is -2.39. The van der Waals surface area contributed by atoms with Crippen molar-refractivity contribution in [1.82, 2.24) is 30.4 Å². The van der Waals surface area contributed by atoms with Crippen LogP contribution in [-0.2, 0) is 46.9 Å². The number of ether oxygens (including phenoxy) is 2. The van der Waals surface area contributed by atoms with E-state index < -0.39 is 54.5 Å². The Morgan fingerprint density at radius 2 is 1.51 bits per heavy atom. The van der Waals surface area contributed by atoms with Crippen LogP contribution in [0.4, 0.5) is 0 Å². The number of nitrogens with one attached hydrogen (secondary N) is 1. The van der Waals surface area contributed by atoms with Gasteiger partial charge in [0.15, 0.2) is 24.2 Å². The minimum Gasteiger partial charge on any atom is -0.445 e. The summed E-state index contributed by atoms with van der Waals surface area (Å²) in [7, 11) is 1.62. The van der Waals surface area contributed by atoms with Gasteiger partial charge in [-0.05, 0) is 27.1 Å². The Balaban J connectivity index is 1.29. The molecule has 1 fully saturated rings. The van der Waals surface area contributed by atoms with E-state index in [9.17, 15) is 24.0 Å². The zero-order chi connectivity index (χ0) is 31.8. The molecule has 0 radical (unpaired) electrons. The number of carbonyl (C=O) groups is 5. The first kappa shape index (κ1) is 31.2. The molecule has 3 aromatic carbocycles. The number of Topliss-reactive ketones (excluding diaryl/α,β-unsaturated/α-hetero) is 1. The molecule has 0 saturated carbocycles. The highest BCUT2D eigenvalue weighted by Crippen LogP contribution is 2.28. The third-order valence-corrected chi connectivity index (χ3v) is 7.82. The summed E-state index contributed by atoms with van der Waals surface area (Å²) in [5, 5.41) is 14.0. The summed E-state index contributed by atoms with van der Waals surface area (Å²) in [5.74, 6) is -4.44. The fourth-order valence-corrected chi connectivity index (χ4v) is 5.23. The van der Waals surface area contributed by atoms with Gasteiger partial charge < -0.3 is 14.8 Å². The van der Waals surface area contributed by atoms with Gasteiger partial charge in [-0.1, -0.05) is 103 Å². The number of aryl methyl sites for hydroxylation is 1. The molecule has 45 heavy (non-hydrogen) atoms. The molecule has 0 bridgehead atoms. The average Bonchev–Trinajstić information content (AvgIpc) is 3.48. The average molecular weight is 629 g/mol. The maximum absolute atomic E-state index is 13.4. The smallest absolute Gasteiger partial charge is 0.398 e. The maximum Gasteiger partial charge on any atom is 0.398 e. The Morgan fingerprint density at radius 1 is 0.911 bits per heavy atom. The van der Waals surface area contributed by atoms with Crippen molar-refractivity contribution < 1.29 is 33.4 Å². The molecule has 13 nitrogen and oxygen atoms in total. The van der Waals surface area contributed by atoms with Gasteiger partial charge in [-0.2, -0.15) is 0 Å². The van der Waals surface area contributed by atoms with Crippen molar-refractivity contribution in [3.63, 3.8) is 0 Å². The quantitative estimate of drug-likeness (QED) is 0.105. The molecule has 1 N–H and O–H groups in total. The first-order valence-electron chi connectivity index (χ1n) is 13.8. The Kier molecular flexibility index (Phi) is 10.1. The lowest BCUT2D eigenvalue weighted by atomic mass is 10.0. The van der Waals surface area contributed by atoms with Crippen LogP contribution in [0.2, 0.25) is 0 Å². The number of esters is 1. The first-order chi connectivity index (χ1) is 21.8. The minimum atomic E-state index is -1.42. The number of thioether (sulfide) groups is 1. The lowest BCUT2D eigenvalue weighted by Crippen LogP contribution is -2.74.